The number of anilines is 1. The van der Waals surface area contributed by atoms with Crippen molar-refractivity contribution in [2.75, 3.05) is 11.9 Å². The molecule has 0 aliphatic heterocycles. The second-order valence-electron chi connectivity index (χ2n) is 5.86. The number of fused-ring (bicyclic) bond motifs is 1. The van der Waals surface area contributed by atoms with Crippen LogP contribution >= 0.6 is 0 Å². The molecule has 2 N–H and O–H groups in total. The summed E-state index contributed by atoms with van der Waals surface area (Å²) in [5.74, 6) is -0.265. The number of rotatable bonds is 4. The van der Waals surface area contributed by atoms with Gasteiger partial charge >= 0.3 is 6.03 Å². The summed E-state index contributed by atoms with van der Waals surface area (Å²) in [5, 5.41) is 5.57. The first-order chi connectivity index (χ1) is 12.0. The van der Waals surface area contributed by atoms with Gasteiger partial charge in [0.1, 0.15) is 5.82 Å². The van der Waals surface area contributed by atoms with E-state index in [4.69, 9.17) is 0 Å². The van der Waals surface area contributed by atoms with E-state index in [1.165, 1.54) is 12.1 Å². The number of nitrogens with zero attached hydrogens (tertiary/aromatic N) is 2. The Kier molecular flexibility index (Phi) is 4.88. The van der Waals surface area contributed by atoms with E-state index in [1.807, 2.05) is 19.9 Å². The van der Waals surface area contributed by atoms with Gasteiger partial charge in [0, 0.05) is 12.2 Å². The predicted molar refractivity (Wildman–Crippen MR) is 96.1 cm³/mol. The number of aryl methyl sites for hydroxylation is 2. The zero-order chi connectivity index (χ0) is 17.8. The average molecular weight is 338 g/mol. The van der Waals surface area contributed by atoms with Crippen molar-refractivity contribution in [1.29, 1.82) is 0 Å². The Morgan fingerprint density at radius 1 is 1.00 bits per heavy atom. The van der Waals surface area contributed by atoms with Gasteiger partial charge in [-0.2, -0.15) is 0 Å². The summed E-state index contributed by atoms with van der Waals surface area (Å²) in [6.07, 6.45) is 0.634. The Morgan fingerprint density at radius 3 is 2.40 bits per heavy atom. The Hall–Kier alpha value is -3.02. The van der Waals surface area contributed by atoms with Crippen LogP contribution in [-0.2, 0) is 6.42 Å². The summed E-state index contributed by atoms with van der Waals surface area (Å²) in [7, 11) is 0. The Balaban J connectivity index is 1.58. The van der Waals surface area contributed by atoms with Crippen molar-refractivity contribution in [3.05, 3.63) is 65.2 Å². The highest BCUT2D eigenvalue weighted by Crippen LogP contribution is 2.17. The third kappa shape index (κ3) is 4.29. The molecule has 0 saturated heterocycles. The molecule has 2 amide bonds. The van der Waals surface area contributed by atoms with E-state index in [0.29, 0.717) is 18.7 Å². The van der Waals surface area contributed by atoms with Gasteiger partial charge in [-0.15, -0.1) is 0 Å². The fraction of sp³-hybridized carbons (Fsp3) is 0.211. The van der Waals surface area contributed by atoms with Crippen LogP contribution in [0.3, 0.4) is 0 Å². The zero-order valence-corrected chi connectivity index (χ0v) is 14.1. The standard InChI is InChI=1S/C19H19FN4O/c1-12-13(2)23-18-11-16(7-8-17(18)22-12)24-19(25)21-10-9-14-3-5-15(20)6-4-14/h3-8,11H,9-10H2,1-2H3,(H2,21,24,25). The number of amides is 2. The molecule has 5 nitrogen and oxygen atoms in total. The van der Waals surface area contributed by atoms with E-state index in [0.717, 1.165) is 28.0 Å². The van der Waals surface area contributed by atoms with E-state index in [2.05, 4.69) is 20.6 Å². The number of carbonyl (C=O) groups is 1. The monoisotopic (exact) mass is 338 g/mol. The normalized spacial score (nSPS) is 10.7. The third-order valence-corrected chi connectivity index (χ3v) is 3.95. The van der Waals surface area contributed by atoms with E-state index in [9.17, 15) is 9.18 Å². The Morgan fingerprint density at radius 2 is 1.68 bits per heavy atom. The molecule has 2 aromatic carbocycles. The quantitative estimate of drug-likeness (QED) is 0.761. The van der Waals surface area contributed by atoms with Gasteiger partial charge in [-0.3, -0.25) is 0 Å². The molecule has 0 aliphatic rings. The average Bonchev–Trinajstić information content (AvgIpc) is 2.58. The number of hydrogen-bond acceptors (Lipinski definition) is 3. The lowest BCUT2D eigenvalue weighted by Gasteiger charge is -2.09. The van der Waals surface area contributed by atoms with Crippen molar-refractivity contribution in [2.24, 2.45) is 0 Å². The minimum atomic E-state index is -0.293. The second kappa shape index (κ2) is 7.25. The van der Waals surface area contributed by atoms with Crippen molar-refractivity contribution >= 4 is 22.8 Å². The lowest BCUT2D eigenvalue weighted by atomic mass is 10.1. The highest BCUT2D eigenvalue weighted by molar-refractivity contribution is 5.91. The molecule has 0 saturated carbocycles. The van der Waals surface area contributed by atoms with Gasteiger partial charge < -0.3 is 10.6 Å². The molecule has 3 rings (SSSR count). The van der Waals surface area contributed by atoms with Crippen LogP contribution in [0.1, 0.15) is 17.0 Å². The first-order valence-electron chi connectivity index (χ1n) is 8.05. The minimum absolute atomic E-state index is 0.265. The number of aromatic nitrogens is 2. The van der Waals surface area contributed by atoms with Crippen LogP contribution in [0.5, 0.6) is 0 Å². The number of benzene rings is 2. The van der Waals surface area contributed by atoms with Crippen LogP contribution in [-0.4, -0.2) is 22.5 Å². The van der Waals surface area contributed by atoms with Gasteiger partial charge in [0.2, 0.25) is 0 Å². The fourth-order valence-electron chi connectivity index (χ4n) is 2.46. The summed E-state index contributed by atoms with van der Waals surface area (Å²) in [4.78, 5) is 21.0. The molecule has 0 aliphatic carbocycles. The number of halogens is 1. The topological polar surface area (TPSA) is 66.9 Å². The largest absolute Gasteiger partial charge is 0.338 e. The molecule has 0 atom stereocenters. The SMILES string of the molecule is Cc1nc2ccc(NC(=O)NCCc3ccc(F)cc3)cc2nc1C. The highest BCUT2D eigenvalue weighted by atomic mass is 19.1. The number of hydrogen-bond donors (Lipinski definition) is 2. The third-order valence-electron chi connectivity index (χ3n) is 3.95. The van der Waals surface area contributed by atoms with E-state index in [-0.39, 0.29) is 11.8 Å². The summed E-state index contributed by atoms with van der Waals surface area (Å²) in [6.45, 7) is 4.29. The van der Waals surface area contributed by atoms with Crippen LogP contribution < -0.4 is 10.6 Å². The van der Waals surface area contributed by atoms with Crippen LogP contribution in [0, 0.1) is 19.7 Å². The van der Waals surface area contributed by atoms with Crippen LogP contribution in [0.2, 0.25) is 0 Å². The number of carbonyl (C=O) groups excluding carboxylic acids is 1. The van der Waals surface area contributed by atoms with Gasteiger partial charge in [0.15, 0.2) is 0 Å². The van der Waals surface area contributed by atoms with E-state index < -0.39 is 0 Å². The first-order valence-corrected chi connectivity index (χ1v) is 8.05. The fourth-order valence-corrected chi connectivity index (χ4v) is 2.46. The molecule has 0 unspecified atom stereocenters. The molecule has 1 aromatic heterocycles. The van der Waals surface area contributed by atoms with Crippen LogP contribution in [0.4, 0.5) is 14.9 Å². The maximum absolute atomic E-state index is 12.8. The molecule has 3 aromatic rings. The van der Waals surface area contributed by atoms with Crippen molar-refractivity contribution in [3.63, 3.8) is 0 Å². The van der Waals surface area contributed by atoms with Gasteiger partial charge in [-0.05, 0) is 56.2 Å². The number of nitrogens with one attached hydrogen (secondary N) is 2. The van der Waals surface area contributed by atoms with Crippen molar-refractivity contribution in [2.45, 2.75) is 20.3 Å². The molecule has 128 valence electrons. The zero-order valence-electron chi connectivity index (χ0n) is 14.1. The van der Waals surface area contributed by atoms with Crippen LogP contribution in [0.25, 0.3) is 11.0 Å². The molecule has 0 radical (unpaired) electrons. The molecule has 0 fully saturated rings. The Bertz CT molecular complexity index is 909. The van der Waals surface area contributed by atoms with Crippen molar-refractivity contribution < 1.29 is 9.18 Å². The maximum atomic E-state index is 12.8. The number of urea groups is 1. The minimum Gasteiger partial charge on any atom is -0.338 e. The molecule has 1 heterocycles. The molecule has 0 spiro atoms. The van der Waals surface area contributed by atoms with Crippen LogP contribution in [0.15, 0.2) is 42.5 Å². The maximum Gasteiger partial charge on any atom is 0.319 e. The molecule has 0 bridgehead atoms. The summed E-state index contributed by atoms with van der Waals surface area (Å²) in [5.41, 5.74) is 4.93. The summed E-state index contributed by atoms with van der Waals surface area (Å²) >= 11 is 0. The highest BCUT2D eigenvalue weighted by Gasteiger charge is 2.05. The summed E-state index contributed by atoms with van der Waals surface area (Å²) in [6, 6.07) is 11.4. The first kappa shape index (κ1) is 16.8. The van der Waals surface area contributed by atoms with Gasteiger partial charge in [0.05, 0.1) is 22.4 Å². The smallest absolute Gasteiger partial charge is 0.319 e. The van der Waals surface area contributed by atoms with Gasteiger partial charge in [-0.25, -0.2) is 19.2 Å². The lowest BCUT2D eigenvalue weighted by Crippen LogP contribution is -2.30. The van der Waals surface area contributed by atoms with Crippen molar-refractivity contribution in [1.82, 2.24) is 15.3 Å². The van der Waals surface area contributed by atoms with E-state index >= 15 is 0 Å². The Labute approximate surface area is 145 Å². The lowest BCUT2D eigenvalue weighted by molar-refractivity contribution is 0.252. The van der Waals surface area contributed by atoms with Crippen molar-refractivity contribution in [3.8, 4) is 0 Å². The molecular formula is C19H19FN4O. The van der Waals surface area contributed by atoms with Gasteiger partial charge in [-0.1, -0.05) is 12.1 Å². The van der Waals surface area contributed by atoms with E-state index in [1.54, 1.807) is 24.3 Å². The predicted octanol–water partition coefficient (Wildman–Crippen LogP) is 3.75. The van der Waals surface area contributed by atoms with Gasteiger partial charge in [0.25, 0.3) is 0 Å². The molecule has 25 heavy (non-hydrogen) atoms. The molecule has 6 heteroatoms. The summed E-state index contributed by atoms with van der Waals surface area (Å²) < 4.78 is 12.8. The molecular weight excluding hydrogens is 319 g/mol. The second-order valence-corrected chi connectivity index (χ2v) is 5.86.